The van der Waals surface area contributed by atoms with E-state index in [4.69, 9.17) is 0 Å². The summed E-state index contributed by atoms with van der Waals surface area (Å²) >= 11 is 1.11. The van der Waals surface area contributed by atoms with Gasteiger partial charge in [0.05, 0.1) is 16.8 Å². The summed E-state index contributed by atoms with van der Waals surface area (Å²) < 4.78 is 52.2. The van der Waals surface area contributed by atoms with Gasteiger partial charge in [-0.1, -0.05) is 18.2 Å². The number of hydrogen-bond acceptors (Lipinski definition) is 4. The van der Waals surface area contributed by atoms with E-state index < -0.39 is 21.7 Å². The predicted molar refractivity (Wildman–Crippen MR) is 103 cm³/mol. The molecule has 9 heteroatoms. The number of rotatable bonds is 5. The second-order valence-electron chi connectivity index (χ2n) is 5.67. The van der Waals surface area contributed by atoms with Crippen molar-refractivity contribution < 1.29 is 22.0 Å². The molecule has 2 N–H and O–H groups in total. The van der Waals surface area contributed by atoms with Crippen LogP contribution in [0, 0.1) is 11.6 Å². The molecule has 0 bridgehead atoms. The van der Waals surface area contributed by atoms with Gasteiger partial charge in [0.1, 0.15) is 11.6 Å². The molecule has 5 nitrogen and oxygen atoms in total. The Bertz CT molecular complexity index is 1110. The molecule has 3 rings (SSSR count). The van der Waals surface area contributed by atoms with Gasteiger partial charge >= 0.3 is 0 Å². The van der Waals surface area contributed by atoms with Gasteiger partial charge in [-0.05, 0) is 36.4 Å². The molecule has 0 aliphatic heterocycles. The molecular formula is C18H14F2N2O3S2. The summed E-state index contributed by atoms with van der Waals surface area (Å²) in [5.41, 5.74) is 0.338. The molecule has 3 aromatic rings. The largest absolute Gasteiger partial charge is 0.321 e. The second kappa shape index (κ2) is 7.45. The van der Waals surface area contributed by atoms with Crippen molar-refractivity contribution in [3.05, 3.63) is 71.1 Å². The van der Waals surface area contributed by atoms with Gasteiger partial charge < -0.3 is 5.32 Å². The summed E-state index contributed by atoms with van der Waals surface area (Å²) in [4.78, 5) is 13.3. The van der Waals surface area contributed by atoms with E-state index in [1.165, 1.54) is 18.2 Å². The maximum atomic E-state index is 13.9. The molecule has 0 saturated carbocycles. The first-order valence-electron chi connectivity index (χ1n) is 7.66. The number of benzene rings is 2. The molecule has 0 saturated heterocycles. The first-order valence-corrected chi connectivity index (χ1v) is 10.4. The quantitative estimate of drug-likeness (QED) is 0.660. The summed E-state index contributed by atoms with van der Waals surface area (Å²) in [6.45, 7) is 0. The molecule has 0 radical (unpaired) electrons. The van der Waals surface area contributed by atoms with Crippen LogP contribution in [0.25, 0.3) is 10.4 Å². The SMILES string of the molecule is CS(=O)(=O)Nc1cc(NC(=O)c2ccc(-c3ccccc3F)s2)ccc1F. The second-order valence-corrected chi connectivity index (χ2v) is 8.50. The number of hydrogen-bond donors (Lipinski definition) is 2. The fraction of sp³-hybridized carbons (Fsp3) is 0.0556. The average molecular weight is 408 g/mol. The number of carbonyl (C=O) groups is 1. The fourth-order valence-electron chi connectivity index (χ4n) is 2.34. The van der Waals surface area contributed by atoms with E-state index in [1.54, 1.807) is 30.3 Å². The average Bonchev–Trinajstić information content (AvgIpc) is 3.07. The smallest absolute Gasteiger partial charge is 0.265 e. The Labute approximate surface area is 158 Å². The van der Waals surface area contributed by atoms with Crippen LogP contribution in [0.4, 0.5) is 20.2 Å². The number of thiophene rings is 1. The highest BCUT2D eigenvalue weighted by molar-refractivity contribution is 7.92. The van der Waals surface area contributed by atoms with Crippen LogP contribution in [0.5, 0.6) is 0 Å². The monoisotopic (exact) mass is 408 g/mol. The standard InChI is InChI=1S/C18H14F2N2O3S2/c1-27(24,25)22-15-10-11(6-7-14(15)20)21-18(23)17-9-8-16(26-17)12-4-2-3-5-13(12)19/h2-10,22H,1H3,(H,21,23). The summed E-state index contributed by atoms with van der Waals surface area (Å²) in [6, 6.07) is 13.0. The lowest BCUT2D eigenvalue weighted by atomic mass is 10.2. The lowest BCUT2D eigenvalue weighted by Crippen LogP contribution is -2.13. The van der Waals surface area contributed by atoms with Crippen molar-refractivity contribution in [2.45, 2.75) is 0 Å². The van der Waals surface area contributed by atoms with Crippen LogP contribution in [0.15, 0.2) is 54.6 Å². The van der Waals surface area contributed by atoms with Crippen LogP contribution in [-0.2, 0) is 10.0 Å². The minimum absolute atomic E-state index is 0.216. The molecule has 0 atom stereocenters. The van der Waals surface area contributed by atoms with Crippen LogP contribution < -0.4 is 10.0 Å². The van der Waals surface area contributed by atoms with Crippen molar-refractivity contribution in [1.29, 1.82) is 0 Å². The topological polar surface area (TPSA) is 75.3 Å². The number of amides is 1. The summed E-state index contributed by atoms with van der Waals surface area (Å²) in [5, 5.41) is 2.57. The Morgan fingerprint density at radius 1 is 1.00 bits per heavy atom. The zero-order chi connectivity index (χ0) is 19.6. The van der Waals surface area contributed by atoms with Crippen molar-refractivity contribution >= 4 is 38.6 Å². The molecule has 0 spiro atoms. The fourth-order valence-corrected chi connectivity index (χ4v) is 3.82. The molecule has 27 heavy (non-hydrogen) atoms. The minimum atomic E-state index is -3.66. The van der Waals surface area contributed by atoms with Crippen molar-refractivity contribution in [2.75, 3.05) is 16.3 Å². The molecule has 0 fully saturated rings. The molecule has 0 aliphatic rings. The van der Waals surface area contributed by atoms with Gasteiger partial charge in [0, 0.05) is 16.1 Å². The Morgan fingerprint density at radius 3 is 2.44 bits per heavy atom. The first kappa shape index (κ1) is 19.0. The molecule has 0 aliphatic carbocycles. The molecule has 1 heterocycles. The van der Waals surface area contributed by atoms with Crippen molar-refractivity contribution in [2.24, 2.45) is 0 Å². The molecule has 2 aromatic carbocycles. The van der Waals surface area contributed by atoms with Gasteiger partial charge in [-0.3, -0.25) is 9.52 Å². The number of carbonyl (C=O) groups excluding carboxylic acids is 1. The number of sulfonamides is 1. The van der Waals surface area contributed by atoms with Gasteiger partial charge in [0.2, 0.25) is 10.0 Å². The van der Waals surface area contributed by atoms with Crippen molar-refractivity contribution in [3.63, 3.8) is 0 Å². The van der Waals surface area contributed by atoms with Crippen LogP contribution in [0.3, 0.4) is 0 Å². The van der Waals surface area contributed by atoms with E-state index in [9.17, 15) is 22.0 Å². The summed E-state index contributed by atoms with van der Waals surface area (Å²) in [7, 11) is -3.66. The number of halogens is 2. The number of nitrogens with one attached hydrogen (secondary N) is 2. The number of anilines is 2. The highest BCUT2D eigenvalue weighted by atomic mass is 32.2. The lowest BCUT2D eigenvalue weighted by molar-refractivity contribution is 0.103. The van der Waals surface area contributed by atoms with Crippen molar-refractivity contribution in [3.8, 4) is 10.4 Å². The highest BCUT2D eigenvalue weighted by Crippen LogP contribution is 2.30. The Hall–Kier alpha value is -2.78. The molecule has 140 valence electrons. The maximum absolute atomic E-state index is 13.9. The van der Waals surface area contributed by atoms with Crippen LogP contribution >= 0.6 is 11.3 Å². The predicted octanol–water partition coefficient (Wildman–Crippen LogP) is 4.32. The van der Waals surface area contributed by atoms with E-state index in [0.717, 1.165) is 23.7 Å². The molecule has 0 unspecified atom stereocenters. The summed E-state index contributed by atoms with van der Waals surface area (Å²) in [5.74, 6) is -1.63. The van der Waals surface area contributed by atoms with Gasteiger partial charge in [-0.25, -0.2) is 17.2 Å². The lowest BCUT2D eigenvalue weighted by Gasteiger charge is -2.09. The summed E-state index contributed by atoms with van der Waals surface area (Å²) in [6.07, 6.45) is 0.896. The van der Waals surface area contributed by atoms with Gasteiger partial charge in [-0.15, -0.1) is 11.3 Å². The maximum Gasteiger partial charge on any atom is 0.265 e. The van der Waals surface area contributed by atoms with E-state index in [0.29, 0.717) is 15.3 Å². The van der Waals surface area contributed by atoms with E-state index in [-0.39, 0.29) is 17.2 Å². The van der Waals surface area contributed by atoms with E-state index >= 15 is 0 Å². The van der Waals surface area contributed by atoms with Gasteiger partial charge in [-0.2, -0.15) is 0 Å². The molecule has 1 aromatic heterocycles. The van der Waals surface area contributed by atoms with Crippen molar-refractivity contribution in [1.82, 2.24) is 0 Å². The molecular weight excluding hydrogens is 394 g/mol. The third-order valence-corrected chi connectivity index (χ3v) is 5.20. The van der Waals surface area contributed by atoms with Gasteiger partial charge in [0.25, 0.3) is 5.91 Å². The van der Waals surface area contributed by atoms with Crippen LogP contribution in [-0.4, -0.2) is 20.6 Å². The zero-order valence-corrected chi connectivity index (χ0v) is 15.6. The Kier molecular flexibility index (Phi) is 5.24. The van der Waals surface area contributed by atoms with Crippen LogP contribution in [0.1, 0.15) is 9.67 Å². The van der Waals surface area contributed by atoms with Gasteiger partial charge in [0.15, 0.2) is 0 Å². The first-order chi connectivity index (χ1) is 12.7. The third kappa shape index (κ3) is 4.69. The minimum Gasteiger partial charge on any atom is -0.321 e. The normalized spacial score (nSPS) is 11.2. The Morgan fingerprint density at radius 2 is 1.74 bits per heavy atom. The Balaban J connectivity index is 1.80. The zero-order valence-electron chi connectivity index (χ0n) is 14.0. The third-order valence-electron chi connectivity index (χ3n) is 3.49. The van der Waals surface area contributed by atoms with E-state index in [1.807, 2.05) is 4.72 Å². The van der Waals surface area contributed by atoms with Crippen LogP contribution in [0.2, 0.25) is 0 Å². The highest BCUT2D eigenvalue weighted by Gasteiger charge is 2.14. The molecule has 1 amide bonds. The van der Waals surface area contributed by atoms with E-state index in [2.05, 4.69) is 5.32 Å².